The molecule has 6 N–H and O–H groups in total. The number of benzene rings is 6. The average Bonchev–Trinajstić information content (AvgIpc) is 4.40. The fraction of sp³-hybridized carbons (Fsp3) is 0.228. The molecular formula is C57H55FN10O9. The van der Waals surface area contributed by atoms with Crippen LogP contribution in [0.2, 0.25) is 0 Å². The lowest BCUT2D eigenvalue weighted by atomic mass is 10.0. The zero-order valence-corrected chi connectivity index (χ0v) is 42.1. The Kier molecular flexibility index (Phi) is 15.9. The van der Waals surface area contributed by atoms with Crippen LogP contribution < -0.4 is 31.6 Å². The molecule has 0 spiro atoms. The molecule has 2 saturated heterocycles. The number of aromatic nitrogens is 8. The van der Waals surface area contributed by atoms with Gasteiger partial charge in [0.25, 0.3) is 17.0 Å². The monoisotopic (exact) mass is 1040 g/mol. The highest BCUT2D eigenvalue weighted by Gasteiger charge is 2.24. The fourth-order valence-electron chi connectivity index (χ4n) is 9.45. The van der Waals surface area contributed by atoms with E-state index in [1.54, 1.807) is 55.3 Å². The Morgan fingerprint density at radius 2 is 1.12 bits per heavy atom. The van der Waals surface area contributed by atoms with Gasteiger partial charge in [-0.25, -0.2) is 15.0 Å². The Hall–Kier alpha value is -9.27. The van der Waals surface area contributed by atoms with E-state index in [4.69, 9.17) is 31.2 Å². The first kappa shape index (κ1) is 51.2. The summed E-state index contributed by atoms with van der Waals surface area (Å²) in [5.41, 5.74) is 11.6. The summed E-state index contributed by atoms with van der Waals surface area (Å²) >= 11 is 0. The van der Waals surface area contributed by atoms with Crippen molar-refractivity contribution in [3.63, 3.8) is 0 Å². The van der Waals surface area contributed by atoms with Crippen LogP contribution in [0.5, 0.6) is 11.5 Å². The van der Waals surface area contributed by atoms with Crippen molar-refractivity contribution in [3.05, 3.63) is 166 Å². The van der Waals surface area contributed by atoms with Crippen LogP contribution in [0.1, 0.15) is 35.2 Å². The smallest absolute Gasteiger partial charge is 0.357 e. The molecule has 2 aliphatic heterocycles. The van der Waals surface area contributed by atoms with E-state index < -0.39 is 13.1 Å². The van der Waals surface area contributed by atoms with Crippen LogP contribution in [0.3, 0.4) is 0 Å². The van der Waals surface area contributed by atoms with Crippen LogP contribution >= 0.6 is 0 Å². The molecule has 12 rings (SSSR count). The van der Waals surface area contributed by atoms with Gasteiger partial charge in [-0.2, -0.15) is 20.4 Å². The maximum atomic E-state index is 13.4. The van der Waals surface area contributed by atoms with Gasteiger partial charge in [0, 0.05) is 70.8 Å². The lowest BCUT2D eigenvalue weighted by Crippen LogP contribution is -2.16. The molecule has 0 bridgehead atoms. The number of H-pyrrole nitrogens is 2. The predicted molar refractivity (Wildman–Crippen MR) is 292 cm³/mol. The van der Waals surface area contributed by atoms with Gasteiger partial charge in [0.1, 0.15) is 11.5 Å². The Bertz CT molecular complexity index is 3890. The SMILES string of the molecule is COc1cc(-c2n[nH]c(=O)c3ccccc23)ccc1N.COc1cc(-c2n[nH]c(=O)c3ccccc23)ccc1NC(=O)c1nn(CC2CCOC2)c2ccccc12.O=C(O)c1nn(CC2CCOC2)c2ccccc12.[2H]CF. The highest BCUT2D eigenvalue weighted by atomic mass is 19.1. The van der Waals surface area contributed by atoms with E-state index in [1.165, 1.54) is 0 Å². The minimum absolute atomic E-state index is 0.129. The van der Waals surface area contributed by atoms with Crippen molar-refractivity contribution in [2.24, 2.45) is 11.8 Å². The van der Waals surface area contributed by atoms with E-state index in [9.17, 15) is 23.6 Å². The minimum atomic E-state index is -1.00. The van der Waals surface area contributed by atoms with Gasteiger partial charge in [-0.05, 0) is 61.4 Å². The number of para-hydroxylation sites is 2. The second-order valence-corrected chi connectivity index (χ2v) is 18.1. The normalized spacial score (nSPS) is 14.9. The molecule has 10 aromatic rings. The van der Waals surface area contributed by atoms with E-state index >= 15 is 0 Å². The number of halogens is 1. The third-order valence-electron chi connectivity index (χ3n) is 13.3. The molecular weight excluding hydrogens is 988 g/mol. The first-order valence-corrected chi connectivity index (χ1v) is 24.5. The number of amides is 1. The summed E-state index contributed by atoms with van der Waals surface area (Å²) in [5, 5.41) is 38.7. The van der Waals surface area contributed by atoms with Crippen LogP contribution in [0, 0.1) is 11.8 Å². The number of ether oxygens (including phenoxy) is 4. The number of hydrogen-bond donors (Lipinski definition) is 5. The number of carbonyl (C=O) groups excluding carboxylic acids is 1. The topological polar surface area (TPSA) is 256 Å². The number of aromatic amines is 2. The van der Waals surface area contributed by atoms with Crippen LogP contribution in [-0.2, 0) is 22.6 Å². The average molecular weight is 1040 g/mol. The zero-order valence-electron chi connectivity index (χ0n) is 43.1. The van der Waals surface area contributed by atoms with Crippen molar-refractivity contribution in [3.8, 4) is 34.0 Å². The molecule has 4 aromatic heterocycles. The summed E-state index contributed by atoms with van der Waals surface area (Å²) in [7, 11) is 2.11. The maximum absolute atomic E-state index is 13.4. The molecule has 1 amide bonds. The van der Waals surface area contributed by atoms with Gasteiger partial charge in [0.15, 0.2) is 11.4 Å². The quantitative estimate of drug-likeness (QED) is 0.0759. The summed E-state index contributed by atoms with van der Waals surface area (Å²) in [6.07, 6.45) is 2.00. The number of carboxylic acids is 1. The van der Waals surface area contributed by atoms with Crippen molar-refractivity contribution in [1.82, 2.24) is 40.0 Å². The number of carboxylic acid groups (broad SMARTS) is 1. The summed E-state index contributed by atoms with van der Waals surface area (Å²) < 4.78 is 40.9. The van der Waals surface area contributed by atoms with Crippen molar-refractivity contribution >= 4 is 66.6 Å². The van der Waals surface area contributed by atoms with Crippen LogP contribution in [-0.4, -0.2) is 105 Å². The molecule has 0 saturated carbocycles. The molecule has 2 fully saturated rings. The van der Waals surface area contributed by atoms with E-state index in [2.05, 4.69) is 35.9 Å². The lowest BCUT2D eigenvalue weighted by Gasteiger charge is -2.12. The molecule has 19 nitrogen and oxygen atoms in total. The Morgan fingerprint density at radius 1 is 0.675 bits per heavy atom. The standard InChI is InChI=1S/C28H25N5O4.C15H13N3O2.C13H14N2O3.CH3F/c1-36-24-14-18(25-19-6-2-3-7-20(19)27(34)31-30-25)10-11-22(24)29-28(35)26-21-8-4-5-9-23(21)33(32-26)15-17-12-13-37-16-17;1-20-13-8-9(6-7-12(13)16)14-10-4-2-3-5-11(10)15(19)18-17-14;16-13(17)12-10-3-1-2-4-11(10)15(14-12)7-9-5-6-18-8-9;1-2/h2-11,14,17H,12-13,15-16H2,1H3,(H,29,35)(H,31,34);2-8H,16H2,1H3,(H,18,19);1-4,9H,5-8H2,(H,16,17);1H3/i;;;1D. The Morgan fingerprint density at radius 3 is 1.60 bits per heavy atom. The van der Waals surface area contributed by atoms with E-state index in [-0.39, 0.29) is 22.7 Å². The fourth-order valence-corrected chi connectivity index (χ4v) is 9.45. The molecule has 20 heteroatoms. The first-order valence-electron chi connectivity index (χ1n) is 25.2. The maximum Gasteiger partial charge on any atom is 0.357 e. The molecule has 2 atom stereocenters. The van der Waals surface area contributed by atoms with Crippen molar-refractivity contribution < 1.29 is 39.4 Å². The number of carbonyl (C=O) groups is 2. The summed E-state index contributed by atoms with van der Waals surface area (Å²) in [6.45, 7) is 4.40. The van der Waals surface area contributed by atoms with Crippen LogP contribution in [0.4, 0.5) is 15.8 Å². The predicted octanol–water partition coefficient (Wildman–Crippen LogP) is 8.77. The van der Waals surface area contributed by atoms with Gasteiger partial charge in [-0.3, -0.25) is 28.1 Å². The van der Waals surface area contributed by atoms with Gasteiger partial charge < -0.3 is 35.1 Å². The zero-order chi connectivity index (χ0) is 54.7. The molecule has 394 valence electrons. The molecule has 6 aromatic carbocycles. The molecule has 0 radical (unpaired) electrons. The van der Waals surface area contributed by atoms with Crippen LogP contribution in [0.25, 0.3) is 65.9 Å². The van der Waals surface area contributed by atoms with Crippen molar-refractivity contribution in [2.75, 3.05) is 58.9 Å². The number of nitrogens with zero attached hydrogens (tertiary/aromatic N) is 6. The molecule has 2 aliphatic rings. The number of nitrogens with two attached hydrogens (primary N) is 1. The van der Waals surface area contributed by atoms with Crippen molar-refractivity contribution in [1.29, 1.82) is 0 Å². The third kappa shape index (κ3) is 11.4. The number of anilines is 2. The number of hydrogen-bond acceptors (Lipinski definition) is 13. The summed E-state index contributed by atoms with van der Waals surface area (Å²) in [6, 6.07) is 40.6. The van der Waals surface area contributed by atoms with Crippen molar-refractivity contribution in [2.45, 2.75) is 25.9 Å². The Balaban J connectivity index is 0.000000152. The second-order valence-electron chi connectivity index (χ2n) is 18.1. The molecule has 2 unspecified atom stereocenters. The highest BCUT2D eigenvalue weighted by molar-refractivity contribution is 6.12. The van der Waals surface area contributed by atoms with Gasteiger partial charge in [0.2, 0.25) is 0 Å². The van der Waals surface area contributed by atoms with Gasteiger partial charge in [0.05, 0.1) is 80.5 Å². The number of nitrogen functional groups attached to an aromatic ring is 1. The van der Waals surface area contributed by atoms with E-state index in [0.29, 0.717) is 87.6 Å². The number of nitrogens with one attached hydrogen (secondary N) is 3. The first-order chi connectivity index (χ1) is 38.0. The molecule has 77 heavy (non-hydrogen) atoms. The lowest BCUT2D eigenvalue weighted by molar-refractivity contribution is 0.0691. The molecule has 6 heterocycles. The molecule has 0 aliphatic carbocycles. The minimum Gasteiger partial charge on any atom is -0.495 e. The van der Waals surface area contributed by atoms with Gasteiger partial charge >= 0.3 is 5.97 Å². The number of alkyl halides is 1. The number of fused-ring (bicyclic) bond motifs is 4. The van der Waals surface area contributed by atoms with E-state index in [1.807, 2.05) is 102 Å². The van der Waals surface area contributed by atoms with Gasteiger partial charge in [-0.15, -0.1) is 0 Å². The third-order valence-corrected chi connectivity index (χ3v) is 13.3. The number of methoxy groups -OCH3 is 2. The second kappa shape index (κ2) is 23.9. The number of rotatable bonds is 11. The Labute approximate surface area is 440 Å². The summed E-state index contributed by atoms with van der Waals surface area (Å²) in [5.74, 6) is 0.553. The largest absolute Gasteiger partial charge is 0.495 e. The van der Waals surface area contributed by atoms with E-state index in [0.717, 1.165) is 71.0 Å². The van der Waals surface area contributed by atoms with Gasteiger partial charge in [-0.1, -0.05) is 84.9 Å². The number of aromatic carboxylic acids is 1. The van der Waals surface area contributed by atoms with Crippen LogP contribution in [0.15, 0.2) is 143 Å². The highest BCUT2D eigenvalue weighted by Crippen LogP contribution is 2.34. The summed E-state index contributed by atoms with van der Waals surface area (Å²) in [4.78, 5) is 48.5.